The summed E-state index contributed by atoms with van der Waals surface area (Å²) in [5.41, 5.74) is -1.01. The van der Waals surface area contributed by atoms with E-state index in [0.29, 0.717) is 13.2 Å². The number of rotatable bonds is 5. The molecular formula is C10H15N3O4. The molecule has 0 radical (unpaired) electrons. The van der Waals surface area contributed by atoms with Crippen molar-refractivity contribution in [1.29, 1.82) is 0 Å². The Bertz CT molecular complexity index is 503. The van der Waals surface area contributed by atoms with Gasteiger partial charge in [0.1, 0.15) is 6.54 Å². The third kappa shape index (κ3) is 3.56. The van der Waals surface area contributed by atoms with Gasteiger partial charge in [-0.25, -0.2) is 4.79 Å². The molecule has 94 valence electrons. The van der Waals surface area contributed by atoms with Gasteiger partial charge in [0.15, 0.2) is 0 Å². The maximum atomic E-state index is 11.6. The zero-order valence-electron chi connectivity index (χ0n) is 9.80. The van der Waals surface area contributed by atoms with Gasteiger partial charge in [0.05, 0.1) is 6.61 Å². The summed E-state index contributed by atoms with van der Waals surface area (Å²) in [5, 5.41) is 2.53. The molecule has 1 aromatic rings. The molecule has 0 saturated heterocycles. The predicted octanol–water partition coefficient (Wildman–Crippen LogP) is -1.69. The molecule has 0 aromatic carbocycles. The van der Waals surface area contributed by atoms with Gasteiger partial charge in [-0.05, 0) is 0 Å². The van der Waals surface area contributed by atoms with Crippen LogP contribution in [0.15, 0.2) is 21.9 Å². The molecule has 0 atom stereocenters. The fourth-order valence-electron chi connectivity index (χ4n) is 1.25. The van der Waals surface area contributed by atoms with Gasteiger partial charge >= 0.3 is 5.69 Å². The number of nitrogens with zero attached hydrogens (tertiary/aromatic N) is 2. The number of aromatic nitrogens is 2. The van der Waals surface area contributed by atoms with E-state index in [-0.39, 0.29) is 6.54 Å². The van der Waals surface area contributed by atoms with Crippen molar-refractivity contribution in [2.45, 2.75) is 6.54 Å². The second-order valence-electron chi connectivity index (χ2n) is 3.48. The molecule has 0 spiro atoms. The van der Waals surface area contributed by atoms with Crippen molar-refractivity contribution in [3.05, 3.63) is 33.1 Å². The molecule has 1 aromatic heterocycles. The molecule has 0 aliphatic rings. The van der Waals surface area contributed by atoms with Gasteiger partial charge in [-0.1, -0.05) is 0 Å². The summed E-state index contributed by atoms with van der Waals surface area (Å²) in [7, 11) is 3.03. The van der Waals surface area contributed by atoms with Crippen molar-refractivity contribution >= 4 is 5.91 Å². The Labute approximate surface area is 97.6 Å². The minimum Gasteiger partial charge on any atom is -0.383 e. The third-order valence-electron chi connectivity index (χ3n) is 2.17. The van der Waals surface area contributed by atoms with Gasteiger partial charge in [-0.3, -0.25) is 14.2 Å². The lowest BCUT2D eigenvalue weighted by Gasteiger charge is -2.07. The first-order valence-corrected chi connectivity index (χ1v) is 5.08. The summed E-state index contributed by atoms with van der Waals surface area (Å²) in [4.78, 5) is 34.4. The van der Waals surface area contributed by atoms with E-state index in [4.69, 9.17) is 4.74 Å². The number of hydrogen-bond acceptors (Lipinski definition) is 4. The summed E-state index contributed by atoms with van der Waals surface area (Å²) in [5.74, 6) is -0.396. The Balaban J connectivity index is 2.75. The molecule has 7 nitrogen and oxygen atoms in total. The standard InChI is InChI=1S/C10H15N3O4/c1-12-5-3-9(15)13(10(12)16)7-8(14)11-4-6-17-2/h3,5H,4,6-7H2,1-2H3,(H,11,14). The van der Waals surface area contributed by atoms with Crippen LogP contribution < -0.4 is 16.6 Å². The van der Waals surface area contributed by atoms with E-state index in [9.17, 15) is 14.4 Å². The quantitative estimate of drug-likeness (QED) is 0.624. The van der Waals surface area contributed by atoms with E-state index >= 15 is 0 Å². The topological polar surface area (TPSA) is 82.3 Å². The molecule has 1 rings (SSSR count). The van der Waals surface area contributed by atoms with Crippen molar-refractivity contribution in [1.82, 2.24) is 14.5 Å². The Kier molecular flexibility index (Phi) is 4.65. The second-order valence-corrected chi connectivity index (χ2v) is 3.48. The molecule has 0 bridgehead atoms. The largest absolute Gasteiger partial charge is 0.383 e. The van der Waals surface area contributed by atoms with Crippen LogP contribution in [0.1, 0.15) is 0 Å². The first-order chi connectivity index (χ1) is 8.06. The molecule has 0 fully saturated rings. The summed E-state index contributed by atoms with van der Waals surface area (Å²) in [6, 6.07) is 1.24. The van der Waals surface area contributed by atoms with Crippen LogP contribution in [0.4, 0.5) is 0 Å². The van der Waals surface area contributed by atoms with Crippen molar-refractivity contribution in [2.24, 2.45) is 7.05 Å². The van der Waals surface area contributed by atoms with E-state index in [1.165, 1.54) is 31.0 Å². The summed E-state index contributed by atoms with van der Waals surface area (Å²) >= 11 is 0. The number of nitrogens with one attached hydrogen (secondary N) is 1. The van der Waals surface area contributed by atoms with Gasteiger partial charge in [0, 0.05) is 33.0 Å². The lowest BCUT2D eigenvalue weighted by Crippen LogP contribution is -2.42. The number of hydrogen-bond donors (Lipinski definition) is 1. The van der Waals surface area contributed by atoms with Crippen LogP contribution in [-0.4, -0.2) is 35.3 Å². The van der Waals surface area contributed by atoms with E-state index in [1.54, 1.807) is 0 Å². The summed E-state index contributed by atoms with van der Waals surface area (Å²) in [6.07, 6.45) is 1.37. The molecule has 7 heteroatoms. The van der Waals surface area contributed by atoms with Gasteiger partial charge in [-0.15, -0.1) is 0 Å². The van der Waals surface area contributed by atoms with Crippen molar-refractivity contribution in [2.75, 3.05) is 20.3 Å². The first kappa shape index (κ1) is 13.2. The fraction of sp³-hybridized carbons (Fsp3) is 0.500. The van der Waals surface area contributed by atoms with Crippen molar-refractivity contribution < 1.29 is 9.53 Å². The third-order valence-corrected chi connectivity index (χ3v) is 2.17. The summed E-state index contributed by atoms with van der Waals surface area (Å²) < 4.78 is 6.88. The number of ether oxygens (including phenoxy) is 1. The number of methoxy groups -OCH3 is 1. The molecule has 0 unspecified atom stereocenters. The molecular weight excluding hydrogens is 226 g/mol. The van der Waals surface area contributed by atoms with Gasteiger partial charge in [-0.2, -0.15) is 0 Å². The molecule has 0 aliphatic heterocycles. The van der Waals surface area contributed by atoms with Crippen LogP contribution in [0.5, 0.6) is 0 Å². The fourth-order valence-corrected chi connectivity index (χ4v) is 1.25. The van der Waals surface area contributed by atoms with E-state index in [0.717, 1.165) is 4.57 Å². The smallest absolute Gasteiger partial charge is 0.331 e. The molecule has 1 heterocycles. The molecule has 0 aliphatic carbocycles. The SMILES string of the molecule is COCCNC(=O)Cn1c(=O)ccn(C)c1=O. The Hall–Kier alpha value is -1.89. The zero-order valence-corrected chi connectivity index (χ0v) is 9.80. The predicted molar refractivity (Wildman–Crippen MR) is 60.8 cm³/mol. The van der Waals surface area contributed by atoms with Gasteiger partial charge in [0.2, 0.25) is 5.91 Å². The van der Waals surface area contributed by atoms with Gasteiger partial charge in [0.25, 0.3) is 5.56 Å². The van der Waals surface area contributed by atoms with Gasteiger partial charge < -0.3 is 14.6 Å². The van der Waals surface area contributed by atoms with E-state index in [1.807, 2.05) is 0 Å². The Morgan fingerprint density at radius 1 is 1.47 bits per heavy atom. The average molecular weight is 241 g/mol. The molecule has 1 amide bonds. The molecule has 1 N–H and O–H groups in total. The number of amides is 1. The molecule has 17 heavy (non-hydrogen) atoms. The highest BCUT2D eigenvalue weighted by atomic mass is 16.5. The highest BCUT2D eigenvalue weighted by molar-refractivity contribution is 5.75. The van der Waals surface area contributed by atoms with E-state index in [2.05, 4.69) is 5.32 Å². The van der Waals surface area contributed by atoms with E-state index < -0.39 is 17.2 Å². The van der Waals surface area contributed by atoms with Crippen molar-refractivity contribution in [3.63, 3.8) is 0 Å². The lowest BCUT2D eigenvalue weighted by atomic mass is 10.5. The first-order valence-electron chi connectivity index (χ1n) is 5.08. The van der Waals surface area contributed by atoms with Crippen LogP contribution in [0.2, 0.25) is 0 Å². The minimum atomic E-state index is -0.514. The summed E-state index contributed by atoms with van der Waals surface area (Å²) in [6.45, 7) is 0.445. The van der Waals surface area contributed by atoms with Crippen molar-refractivity contribution in [3.8, 4) is 0 Å². The lowest BCUT2D eigenvalue weighted by molar-refractivity contribution is -0.122. The monoisotopic (exact) mass is 241 g/mol. The maximum Gasteiger partial charge on any atom is 0.331 e. The Morgan fingerprint density at radius 3 is 2.82 bits per heavy atom. The molecule has 0 saturated carbocycles. The van der Waals surface area contributed by atoms with Crippen LogP contribution in [-0.2, 0) is 23.1 Å². The highest BCUT2D eigenvalue weighted by Crippen LogP contribution is 1.76. The Morgan fingerprint density at radius 2 is 2.18 bits per heavy atom. The van der Waals surface area contributed by atoms with Crippen LogP contribution in [0.25, 0.3) is 0 Å². The number of aryl methyl sites for hydroxylation is 1. The van der Waals surface area contributed by atoms with Crippen LogP contribution in [0.3, 0.4) is 0 Å². The van der Waals surface area contributed by atoms with Crippen LogP contribution in [0, 0.1) is 0 Å². The normalized spacial score (nSPS) is 10.2. The zero-order chi connectivity index (χ0) is 12.8. The number of carbonyl (C=O) groups is 1. The average Bonchev–Trinajstić information content (AvgIpc) is 2.30. The van der Waals surface area contributed by atoms with Crippen LogP contribution >= 0.6 is 0 Å². The second kappa shape index (κ2) is 6.00. The number of carbonyl (C=O) groups excluding carboxylic acids is 1. The minimum absolute atomic E-state index is 0.282. The highest BCUT2D eigenvalue weighted by Gasteiger charge is 2.07. The maximum absolute atomic E-state index is 11.6.